The number of halogens is 1. The van der Waals surface area contributed by atoms with Gasteiger partial charge in [0.2, 0.25) is 0 Å². The lowest BCUT2D eigenvalue weighted by atomic mass is 10.0. The summed E-state index contributed by atoms with van der Waals surface area (Å²) in [6.45, 7) is 8.50. The van der Waals surface area contributed by atoms with Crippen molar-refractivity contribution in [3.05, 3.63) is 111 Å². The van der Waals surface area contributed by atoms with Crippen LogP contribution in [0.1, 0.15) is 48.7 Å². The summed E-state index contributed by atoms with van der Waals surface area (Å²) in [7, 11) is 0. The van der Waals surface area contributed by atoms with E-state index in [1.165, 1.54) is 28.2 Å². The highest BCUT2D eigenvalue weighted by molar-refractivity contribution is 7.04. The molecule has 0 saturated heterocycles. The first-order valence-electron chi connectivity index (χ1n) is 12.3. The highest BCUT2D eigenvalue weighted by Crippen LogP contribution is 2.27. The molecule has 0 atom stereocenters. The van der Waals surface area contributed by atoms with Gasteiger partial charge in [-0.1, -0.05) is 74.0 Å². The van der Waals surface area contributed by atoms with Gasteiger partial charge in [-0.3, -0.25) is 0 Å². The predicted octanol–water partition coefficient (Wildman–Crippen LogP) is 8.68. The Kier molecular flexibility index (Phi) is 10.5. The Balaban J connectivity index is 0.000000356. The minimum absolute atomic E-state index is 0.317. The second-order valence-corrected chi connectivity index (χ2v) is 9.80. The molecule has 0 aliphatic heterocycles. The van der Waals surface area contributed by atoms with E-state index in [0.29, 0.717) is 12.1 Å². The summed E-state index contributed by atoms with van der Waals surface area (Å²) in [4.78, 5) is 11.2. The van der Waals surface area contributed by atoms with Gasteiger partial charge in [0.25, 0.3) is 0 Å². The molecule has 4 aromatic rings. The Morgan fingerprint density at radius 1 is 1.03 bits per heavy atom. The Bertz CT molecular complexity index is 1360. The predicted molar refractivity (Wildman–Crippen MR) is 158 cm³/mol. The van der Waals surface area contributed by atoms with Crippen molar-refractivity contribution >= 4 is 40.9 Å². The number of hydrogen-bond acceptors (Lipinski definition) is 4. The average molecular weight is 533 g/mol. The molecule has 0 unspecified atom stereocenters. The van der Waals surface area contributed by atoms with E-state index in [1.807, 2.05) is 43.3 Å². The minimum Gasteiger partial charge on any atom is -0.478 e. The van der Waals surface area contributed by atoms with E-state index < -0.39 is 5.97 Å². The molecule has 0 spiro atoms. The minimum atomic E-state index is -0.904. The highest BCUT2D eigenvalue weighted by Gasteiger charge is 2.09. The van der Waals surface area contributed by atoms with Crippen molar-refractivity contribution in [2.24, 2.45) is 0 Å². The smallest absolute Gasteiger partial charge is 0.331 e. The molecule has 0 saturated carbocycles. The molecule has 1 heterocycles. The molecule has 0 fully saturated rings. The van der Waals surface area contributed by atoms with Gasteiger partial charge in [-0.05, 0) is 84.8 Å². The molecular weight excluding hydrogens is 500 g/mol. The fourth-order valence-electron chi connectivity index (χ4n) is 3.81. The first-order chi connectivity index (χ1) is 17.8. The Morgan fingerprint density at radius 3 is 2.38 bits per heavy atom. The second-order valence-electron chi connectivity index (χ2n) is 8.73. The maximum absolute atomic E-state index is 11.2. The molecule has 3 aromatic carbocycles. The van der Waals surface area contributed by atoms with Gasteiger partial charge < -0.3 is 10.4 Å². The molecular formula is C31H33ClN2O2S. The summed E-state index contributed by atoms with van der Waals surface area (Å²) in [5, 5.41) is 15.6. The molecule has 4 nitrogen and oxygen atoms in total. The number of aromatic nitrogens is 1. The van der Waals surface area contributed by atoms with Gasteiger partial charge in [0.15, 0.2) is 0 Å². The van der Waals surface area contributed by atoms with Gasteiger partial charge >= 0.3 is 5.97 Å². The van der Waals surface area contributed by atoms with Crippen molar-refractivity contribution in [3.63, 3.8) is 0 Å². The van der Waals surface area contributed by atoms with Crippen LogP contribution in [0.5, 0.6) is 0 Å². The van der Waals surface area contributed by atoms with Crippen LogP contribution in [-0.2, 0) is 24.2 Å². The number of carboxylic acids is 1. The Hall–Kier alpha value is -3.41. The summed E-state index contributed by atoms with van der Waals surface area (Å²) < 4.78 is 4.45. The molecule has 6 heteroatoms. The third-order valence-corrected chi connectivity index (χ3v) is 6.95. The van der Waals surface area contributed by atoms with E-state index in [9.17, 15) is 9.90 Å². The molecule has 0 aliphatic rings. The van der Waals surface area contributed by atoms with Crippen molar-refractivity contribution in [2.75, 3.05) is 5.32 Å². The first-order valence-corrected chi connectivity index (χ1v) is 13.6. The Labute approximate surface area is 228 Å². The van der Waals surface area contributed by atoms with Crippen molar-refractivity contribution in [3.8, 4) is 11.1 Å². The topological polar surface area (TPSA) is 62.2 Å². The van der Waals surface area contributed by atoms with Crippen molar-refractivity contribution in [1.82, 2.24) is 4.37 Å². The number of carboxylic acid groups (broad SMARTS) is 1. The summed E-state index contributed by atoms with van der Waals surface area (Å²) in [5.74, 6) is -0.904. The maximum atomic E-state index is 11.2. The van der Waals surface area contributed by atoms with Crippen LogP contribution in [0, 0.1) is 6.92 Å². The largest absolute Gasteiger partial charge is 0.478 e. The summed E-state index contributed by atoms with van der Waals surface area (Å²) >= 11 is 7.22. The normalized spacial score (nSPS) is 11.0. The van der Waals surface area contributed by atoms with Crippen LogP contribution in [0.3, 0.4) is 0 Å². The fourth-order valence-corrected chi connectivity index (χ4v) is 4.81. The van der Waals surface area contributed by atoms with Crippen molar-refractivity contribution in [1.29, 1.82) is 0 Å². The van der Waals surface area contributed by atoms with Gasteiger partial charge in [-0.25, -0.2) is 4.79 Å². The van der Waals surface area contributed by atoms with Crippen LogP contribution in [-0.4, -0.2) is 15.4 Å². The van der Waals surface area contributed by atoms with Crippen LogP contribution in [0.25, 0.3) is 17.2 Å². The van der Waals surface area contributed by atoms with Crippen LogP contribution >= 0.6 is 23.1 Å². The SMILES string of the molecule is CCc1cccc(Cl)c1.CCc1nscc1-c1ccc(CNc2cccc(C)c2/C=C(\C)C(=O)O)cc1. The van der Waals surface area contributed by atoms with Crippen molar-refractivity contribution in [2.45, 2.75) is 47.1 Å². The highest BCUT2D eigenvalue weighted by atomic mass is 35.5. The van der Waals surface area contributed by atoms with Crippen LogP contribution in [0.2, 0.25) is 5.02 Å². The number of nitrogens with one attached hydrogen (secondary N) is 1. The maximum Gasteiger partial charge on any atom is 0.331 e. The van der Waals surface area contributed by atoms with Crippen LogP contribution in [0.4, 0.5) is 5.69 Å². The molecule has 0 bridgehead atoms. The van der Waals surface area contributed by atoms with E-state index in [-0.39, 0.29) is 0 Å². The third-order valence-electron chi connectivity index (χ3n) is 6.05. The first kappa shape index (κ1) is 28.2. The summed E-state index contributed by atoms with van der Waals surface area (Å²) in [6, 6.07) is 22.4. The quantitative estimate of drug-likeness (QED) is 0.223. The molecule has 37 heavy (non-hydrogen) atoms. The summed E-state index contributed by atoms with van der Waals surface area (Å²) in [5.41, 5.74) is 9.19. The van der Waals surface area contributed by atoms with Gasteiger partial charge in [-0.15, -0.1) is 0 Å². The number of nitrogens with zero attached hydrogens (tertiary/aromatic N) is 1. The number of benzene rings is 3. The van der Waals surface area contributed by atoms with E-state index in [2.05, 4.69) is 59.2 Å². The number of anilines is 1. The molecule has 0 aliphatic carbocycles. The number of carbonyl (C=O) groups is 1. The third kappa shape index (κ3) is 8.04. The van der Waals surface area contributed by atoms with Gasteiger partial charge in [0, 0.05) is 39.3 Å². The van der Waals surface area contributed by atoms with Gasteiger partial charge in [-0.2, -0.15) is 4.37 Å². The zero-order chi connectivity index (χ0) is 26.8. The lowest BCUT2D eigenvalue weighted by molar-refractivity contribution is -0.132. The molecule has 2 N–H and O–H groups in total. The Morgan fingerprint density at radius 2 is 1.76 bits per heavy atom. The average Bonchev–Trinajstić information content (AvgIpc) is 3.38. The lowest BCUT2D eigenvalue weighted by Crippen LogP contribution is -2.03. The van der Waals surface area contributed by atoms with E-state index >= 15 is 0 Å². The lowest BCUT2D eigenvalue weighted by Gasteiger charge is -2.13. The number of hydrogen-bond donors (Lipinski definition) is 2. The second kappa shape index (κ2) is 13.8. The molecule has 4 rings (SSSR count). The molecule has 1 aromatic heterocycles. The fraction of sp³-hybridized carbons (Fsp3) is 0.226. The summed E-state index contributed by atoms with van der Waals surface area (Å²) in [6.07, 6.45) is 3.71. The number of rotatable bonds is 8. The van der Waals surface area contributed by atoms with E-state index in [4.69, 9.17) is 11.6 Å². The monoisotopic (exact) mass is 532 g/mol. The van der Waals surface area contributed by atoms with Crippen molar-refractivity contribution < 1.29 is 9.90 Å². The zero-order valence-corrected chi connectivity index (χ0v) is 23.3. The van der Waals surface area contributed by atoms with E-state index in [1.54, 1.807) is 13.0 Å². The molecule has 0 amide bonds. The van der Waals surface area contributed by atoms with Gasteiger partial charge in [0.05, 0.1) is 5.69 Å². The molecule has 192 valence electrons. The zero-order valence-electron chi connectivity index (χ0n) is 21.7. The van der Waals surface area contributed by atoms with E-state index in [0.717, 1.165) is 45.9 Å². The molecule has 0 radical (unpaired) electrons. The number of aryl methyl sites for hydroxylation is 3. The number of aliphatic carboxylic acids is 1. The standard InChI is InChI=1S/C23H24N2O2S.C8H9Cl/c1-4-21-20(14-28-25-21)18-10-8-17(9-11-18)13-24-22-7-5-6-15(2)19(22)12-16(3)23(26)27;1-2-7-4-3-5-8(9)6-7/h5-12,14,24H,4,13H2,1-3H3,(H,26,27);3-6H,2H2,1H3/b16-12+;. The van der Waals surface area contributed by atoms with Crippen LogP contribution < -0.4 is 5.32 Å². The van der Waals surface area contributed by atoms with Crippen LogP contribution in [0.15, 0.2) is 77.7 Å². The van der Waals surface area contributed by atoms with Gasteiger partial charge in [0.1, 0.15) is 0 Å².